The summed E-state index contributed by atoms with van der Waals surface area (Å²) in [6.45, 7) is 7.84. The van der Waals surface area contributed by atoms with Crippen molar-refractivity contribution in [3.05, 3.63) is 21.9 Å². The van der Waals surface area contributed by atoms with Crippen molar-refractivity contribution in [3.8, 4) is 0 Å². The lowest BCUT2D eigenvalue weighted by molar-refractivity contribution is 0.0360. The summed E-state index contributed by atoms with van der Waals surface area (Å²) >= 11 is 1.91. The number of nitrogens with two attached hydrogens (primary N) is 1. The molecule has 1 unspecified atom stereocenters. The third-order valence-corrected chi connectivity index (χ3v) is 6.23. The van der Waals surface area contributed by atoms with Crippen LogP contribution in [0.4, 0.5) is 0 Å². The lowest BCUT2D eigenvalue weighted by atomic mass is 9.81. The van der Waals surface area contributed by atoms with Crippen molar-refractivity contribution < 1.29 is 0 Å². The fourth-order valence-corrected chi connectivity index (χ4v) is 4.04. The van der Waals surface area contributed by atoms with Crippen LogP contribution in [0.25, 0.3) is 0 Å². The summed E-state index contributed by atoms with van der Waals surface area (Å²) in [6.07, 6.45) is 3.89. The van der Waals surface area contributed by atoms with Crippen molar-refractivity contribution in [1.82, 2.24) is 4.90 Å². The maximum Gasteiger partial charge on any atom is 0.0360 e. The molecule has 0 amide bonds. The summed E-state index contributed by atoms with van der Waals surface area (Å²) in [6, 6.07) is 2.29. The Balaban J connectivity index is 1.86. The first-order valence-electron chi connectivity index (χ1n) is 6.59. The molecule has 2 aliphatic rings. The van der Waals surface area contributed by atoms with Gasteiger partial charge in [0.1, 0.15) is 0 Å². The first kappa shape index (κ1) is 11.7. The third kappa shape index (κ3) is 1.67. The monoisotopic (exact) mass is 250 g/mol. The van der Waals surface area contributed by atoms with Crippen LogP contribution in [-0.2, 0) is 13.0 Å². The minimum absolute atomic E-state index is 0.187. The van der Waals surface area contributed by atoms with Gasteiger partial charge in [0.15, 0.2) is 0 Å². The van der Waals surface area contributed by atoms with Crippen molar-refractivity contribution >= 4 is 11.3 Å². The van der Waals surface area contributed by atoms with Crippen LogP contribution in [0, 0.1) is 5.41 Å². The molecule has 1 aromatic rings. The fraction of sp³-hybridized carbons (Fsp3) is 0.714. The highest BCUT2D eigenvalue weighted by Crippen LogP contribution is 2.56. The molecule has 17 heavy (non-hydrogen) atoms. The molecule has 1 aliphatic heterocycles. The quantitative estimate of drug-likeness (QED) is 0.893. The van der Waals surface area contributed by atoms with Gasteiger partial charge in [-0.15, -0.1) is 11.3 Å². The first-order chi connectivity index (χ1) is 8.09. The van der Waals surface area contributed by atoms with Crippen LogP contribution in [0.15, 0.2) is 11.4 Å². The predicted octanol–water partition coefficient (Wildman–Crippen LogP) is 2.62. The molecule has 0 spiro atoms. The van der Waals surface area contributed by atoms with E-state index in [2.05, 4.69) is 30.2 Å². The zero-order valence-electron chi connectivity index (χ0n) is 10.8. The number of nitrogens with zero attached hydrogens (tertiary/aromatic N) is 1. The van der Waals surface area contributed by atoms with Crippen LogP contribution in [0.5, 0.6) is 0 Å². The van der Waals surface area contributed by atoms with Crippen molar-refractivity contribution in [3.63, 3.8) is 0 Å². The lowest BCUT2D eigenvalue weighted by Gasteiger charge is -2.47. The summed E-state index contributed by atoms with van der Waals surface area (Å²) in [4.78, 5) is 4.22. The van der Waals surface area contributed by atoms with E-state index in [9.17, 15) is 0 Å². The van der Waals surface area contributed by atoms with E-state index >= 15 is 0 Å². The molecular formula is C14H22N2S. The Labute approximate surface area is 108 Å². The second-order valence-corrected chi connectivity index (χ2v) is 7.08. The number of fused-ring (bicyclic) bond motifs is 1. The minimum Gasteiger partial charge on any atom is -0.329 e. The SMILES string of the molecule is CC1(C(C)(CN)N2CCc3sccc3C2)CC1. The highest BCUT2D eigenvalue weighted by atomic mass is 32.1. The van der Waals surface area contributed by atoms with Crippen molar-refractivity contribution in [2.75, 3.05) is 13.1 Å². The molecule has 94 valence electrons. The third-order valence-electron chi connectivity index (χ3n) is 5.20. The van der Waals surface area contributed by atoms with Crippen LogP contribution < -0.4 is 5.73 Å². The first-order valence-corrected chi connectivity index (χ1v) is 7.47. The topological polar surface area (TPSA) is 29.3 Å². The largest absolute Gasteiger partial charge is 0.329 e. The van der Waals surface area contributed by atoms with E-state index in [4.69, 9.17) is 5.73 Å². The van der Waals surface area contributed by atoms with Gasteiger partial charge in [-0.05, 0) is 48.6 Å². The van der Waals surface area contributed by atoms with Crippen molar-refractivity contribution in [2.24, 2.45) is 11.1 Å². The van der Waals surface area contributed by atoms with Crippen LogP contribution in [0.1, 0.15) is 37.1 Å². The molecule has 3 heteroatoms. The molecule has 1 aliphatic carbocycles. The van der Waals surface area contributed by atoms with Gasteiger partial charge in [-0.25, -0.2) is 0 Å². The van der Waals surface area contributed by atoms with Gasteiger partial charge in [0, 0.05) is 30.1 Å². The second kappa shape index (κ2) is 3.81. The standard InChI is InChI=1S/C14H22N2S/c1-13(5-6-13)14(2,10-15)16-7-3-12-11(9-16)4-8-17-12/h4,8H,3,5-7,9-10,15H2,1-2H3. The smallest absolute Gasteiger partial charge is 0.0360 e. The summed E-state index contributed by atoms with van der Waals surface area (Å²) in [5.41, 5.74) is 8.29. The Morgan fingerprint density at radius 3 is 2.94 bits per heavy atom. The predicted molar refractivity (Wildman–Crippen MR) is 73.2 cm³/mol. The molecule has 0 saturated heterocycles. The molecule has 0 aromatic carbocycles. The molecule has 2 heterocycles. The van der Waals surface area contributed by atoms with Crippen LogP contribution in [-0.4, -0.2) is 23.5 Å². The number of hydrogen-bond acceptors (Lipinski definition) is 3. The number of hydrogen-bond donors (Lipinski definition) is 1. The van der Waals surface area contributed by atoms with Gasteiger partial charge in [-0.2, -0.15) is 0 Å². The number of rotatable bonds is 3. The summed E-state index contributed by atoms with van der Waals surface area (Å²) in [5, 5.41) is 2.23. The van der Waals surface area contributed by atoms with E-state index in [0.29, 0.717) is 5.41 Å². The van der Waals surface area contributed by atoms with E-state index in [-0.39, 0.29) is 5.54 Å². The molecular weight excluding hydrogens is 228 g/mol. The van der Waals surface area contributed by atoms with Crippen molar-refractivity contribution in [1.29, 1.82) is 0 Å². The maximum atomic E-state index is 6.12. The molecule has 0 radical (unpaired) electrons. The molecule has 1 atom stereocenters. The molecule has 1 aromatic heterocycles. The van der Waals surface area contributed by atoms with Gasteiger partial charge in [-0.1, -0.05) is 6.92 Å². The summed E-state index contributed by atoms with van der Waals surface area (Å²) in [5.74, 6) is 0. The minimum atomic E-state index is 0.187. The molecule has 0 bridgehead atoms. The van der Waals surface area contributed by atoms with Gasteiger partial charge in [0.05, 0.1) is 0 Å². The summed E-state index contributed by atoms with van der Waals surface area (Å²) in [7, 11) is 0. The zero-order valence-corrected chi connectivity index (χ0v) is 11.6. The van der Waals surface area contributed by atoms with Gasteiger partial charge in [0.2, 0.25) is 0 Å². The molecule has 2 nitrogen and oxygen atoms in total. The van der Waals surface area contributed by atoms with E-state index in [1.54, 1.807) is 4.88 Å². The zero-order chi connectivity index (χ0) is 12.1. The van der Waals surface area contributed by atoms with Gasteiger partial charge in [-0.3, -0.25) is 4.90 Å². The Bertz CT molecular complexity index is 422. The fourth-order valence-electron chi connectivity index (χ4n) is 3.15. The van der Waals surface area contributed by atoms with E-state index in [1.807, 2.05) is 11.3 Å². The van der Waals surface area contributed by atoms with Crippen LogP contribution in [0.2, 0.25) is 0 Å². The Morgan fingerprint density at radius 1 is 1.53 bits per heavy atom. The number of thiophene rings is 1. The maximum absolute atomic E-state index is 6.12. The normalized spacial score (nSPS) is 26.3. The molecule has 1 fully saturated rings. The van der Waals surface area contributed by atoms with Crippen molar-refractivity contribution in [2.45, 2.75) is 45.2 Å². The molecule has 3 rings (SSSR count). The van der Waals surface area contributed by atoms with Gasteiger partial charge < -0.3 is 5.73 Å². The molecule has 2 N–H and O–H groups in total. The van der Waals surface area contributed by atoms with Crippen LogP contribution in [0.3, 0.4) is 0 Å². The Hall–Kier alpha value is -0.380. The van der Waals surface area contributed by atoms with Gasteiger partial charge >= 0.3 is 0 Å². The Morgan fingerprint density at radius 2 is 2.29 bits per heavy atom. The van der Waals surface area contributed by atoms with E-state index in [1.165, 1.54) is 31.4 Å². The van der Waals surface area contributed by atoms with E-state index < -0.39 is 0 Å². The second-order valence-electron chi connectivity index (χ2n) is 6.08. The van der Waals surface area contributed by atoms with Gasteiger partial charge in [0.25, 0.3) is 0 Å². The van der Waals surface area contributed by atoms with Crippen LogP contribution >= 0.6 is 11.3 Å². The highest BCUT2D eigenvalue weighted by molar-refractivity contribution is 7.10. The van der Waals surface area contributed by atoms with E-state index in [0.717, 1.165) is 13.1 Å². The summed E-state index contributed by atoms with van der Waals surface area (Å²) < 4.78 is 0. The molecule has 1 saturated carbocycles. The lowest BCUT2D eigenvalue weighted by Crippen LogP contribution is -2.58. The average molecular weight is 250 g/mol. The Kier molecular flexibility index (Phi) is 2.62. The average Bonchev–Trinajstić information content (AvgIpc) is 2.94. The highest BCUT2D eigenvalue weighted by Gasteiger charge is 2.55.